The summed E-state index contributed by atoms with van der Waals surface area (Å²) >= 11 is 3.59. The third-order valence-electron chi connectivity index (χ3n) is 3.10. The molecular formula is C12H19BrN6. The minimum atomic E-state index is 0.285. The topological polar surface area (TPSA) is 74.5 Å². The molecule has 0 saturated carbocycles. The Labute approximate surface area is 121 Å². The molecule has 2 aromatic heterocycles. The Hall–Kier alpha value is -1.37. The van der Waals surface area contributed by atoms with Crippen molar-refractivity contribution in [2.45, 2.75) is 46.7 Å². The average Bonchev–Trinajstić information content (AvgIpc) is 2.84. The van der Waals surface area contributed by atoms with Crippen molar-refractivity contribution in [2.24, 2.45) is 0 Å². The van der Waals surface area contributed by atoms with Gasteiger partial charge in [-0.15, -0.1) is 5.10 Å². The lowest BCUT2D eigenvalue weighted by atomic mass is 10.1. The van der Waals surface area contributed by atoms with Crippen molar-refractivity contribution in [3.63, 3.8) is 0 Å². The molecule has 0 atom stereocenters. The zero-order chi connectivity index (χ0) is 14.2. The van der Waals surface area contributed by atoms with Gasteiger partial charge in [-0.2, -0.15) is 5.10 Å². The maximum absolute atomic E-state index is 5.88. The molecule has 104 valence electrons. The molecule has 0 amide bonds. The summed E-state index contributed by atoms with van der Waals surface area (Å²) in [5.74, 6) is 0.790. The molecule has 2 rings (SSSR count). The van der Waals surface area contributed by atoms with Crippen LogP contribution in [-0.4, -0.2) is 24.8 Å². The zero-order valence-electron chi connectivity index (χ0n) is 11.7. The van der Waals surface area contributed by atoms with Crippen LogP contribution in [0.25, 0.3) is 0 Å². The van der Waals surface area contributed by atoms with Crippen molar-refractivity contribution in [2.75, 3.05) is 5.73 Å². The van der Waals surface area contributed by atoms with Gasteiger partial charge in [0.15, 0.2) is 5.82 Å². The molecule has 7 heteroatoms. The van der Waals surface area contributed by atoms with Crippen molar-refractivity contribution in [3.05, 3.63) is 21.6 Å². The van der Waals surface area contributed by atoms with E-state index in [9.17, 15) is 0 Å². The predicted octanol–water partition coefficient (Wildman–Crippen LogP) is 2.32. The first-order valence-electron chi connectivity index (χ1n) is 6.36. The van der Waals surface area contributed by atoms with Gasteiger partial charge in [-0.3, -0.25) is 4.68 Å². The lowest BCUT2D eigenvalue weighted by Crippen LogP contribution is -2.13. The highest BCUT2D eigenvalue weighted by Gasteiger charge is 2.18. The molecule has 2 heterocycles. The number of nitrogens with zero attached hydrogens (tertiary/aromatic N) is 5. The van der Waals surface area contributed by atoms with Crippen LogP contribution < -0.4 is 5.73 Å². The number of nitrogen functional groups attached to an aromatic ring is 1. The molecule has 0 aliphatic carbocycles. The Balaban J connectivity index is 2.42. The first kappa shape index (κ1) is 14.0. The zero-order valence-corrected chi connectivity index (χ0v) is 13.3. The number of hydrogen-bond acceptors (Lipinski definition) is 4. The Bertz CT molecular complexity index is 583. The van der Waals surface area contributed by atoms with Crippen molar-refractivity contribution in [3.8, 4) is 0 Å². The fraction of sp³-hybridized carbons (Fsp3) is 0.583. The molecule has 0 unspecified atom stereocenters. The van der Waals surface area contributed by atoms with E-state index in [0.717, 1.165) is 28.1 Å². The van der Waals surface area contributed by atoms with Gasteiger partial charge in [-0.1, -0.05) is 19.1 Å². The monoisotopic (exact) mass is 326 g/mol. The summed E-state index contributed by atoms with van der Waals surface area (Å²) in [7, 11) is 0. The van der Waals surface area contributed by atoms with Gasteiger partial charge in [0.05, 0.1) is 28.1 Å². The van der Waals surface area contributed by atoms with Crippen LogP contribution >= 0.6 is 15.9 Å². The van der Waals surface area contributed by atoms with Crippen molar-refractivity contribution >= 4 is 21.7 Å². The molecule has 0 fully saturated rings. The Morgan fingerprint density at radius 2 is 2.00 bits per heavy atom. The van der Waals surface area contributed by atoms with E-state index >= 15 is 0 Å². The first-order valence-corrected chi connectivity index (χ1v) is 7.15. The lowest BCUT2D eigenvalue weighted by molar-refractivity contribution is 0.542. The highest BCUT2D eigenvalue weighted by Crippen LogP contribution is 2.25. The molecule has 0 aliphatic rings. The van der Waals surface area contributed by atoms with E-state index in [2.05, 4.69) is 52.1 Å². The van der Waals surface area contributed by atoms with Crippen LogP contribution in [0.5, 0.6) is 0 Å². The summed E-state index contributed by atoms with van der Waals surface area (Å²) in [5.41, 5.74) is 8.92. The molecule has 0 radical (unpaired) electrons. The van der Waals surface area contributed by atoms with E-state index in [4.69, 9.17) is 5.73 Å². The fourth-order valence-electron chi connectivity index (χ4n) is 2.21. The smallest absolute Gasteiger partial charge is 0.169 e. The van der Waals surface area contributed by atoms with Gasteiger partial charge < -0.3 is 5.73 Å². The van der Waals surface area contributed by atoms with E-state index in [1.54, 1.807) is 0 Å². The molecule has 2 N–H and O–H groups in total. The summed E-state index contributed by atoms with van der Waals surface area (Å²) in [5, 5.41) is 12.6. The third-order valence-corrected chi connectivity index (χ3v) is 4.13. The minimum Gasteiger partial charge on any atom is -0.381 e. The Morgan fingerprint density at radius 1 is 1.32 bits per heavy atom. The average molecular weight is 327 g/mol. The maximum Gasteiger partial charge on any atom is 0.169 e. The third kappa shape index (κ3) is 2.51. The van der Waals surface area contributed by atoms with Crippen molar-refractivity contribution in [1.29, 1.82) is 0 Å². The highest BCUT2D eigenvalue weighted by atomic mass is 79.9. The standard InChI is InChI=1S/C12H19BrN6/c1-5-18-9(10(13)8(4)16-18)6-19-11(7(2)3)12(14)15-17-19/h7H,5-6,14H2,1-4H3. The molecule has 0 saturated heterocycles. The summed E-state index contributed by atoms with van der Waals surface area (Å²) in [6, 6.07) is 0. The second kappa shape index (κ2) is 5.32. The minimum absolute atomic E-state index is 0.285. The van der Waals surface area contributed by atoms with Gasteiger partial charge in [-0.05, 0) is 35.7 Å². The van der Waals surface area contributed by atoms with Gasteiger partial charge in [-0.25, -0.2) is 4.68 Å². The van der Waals surface area contributed by atoms with Crippen LogP contribution in [0.2, 0.25) is 0 Å². The molecule has 0 aliphatic heterocycles. The van der Waals surface area contributed by atoms with Crippen LogP contribution in [0.3, 0.4) is 0 Å². The summed E-state index contributed by atoms with van der Waals surface area (Å²) in [6.07, 6.45) is 0. The number of nitrogens with two attached hydrogens (primary N) is 1. The van der Waals surface area contributed by atoms with Crippen LogP contribution in [0.4, 0.5) is 5.82 Å². The van der Waals surface area contributed by atoms with E-state index in [-0.39, 0.29) is 5.92 Å². The highest BCUT2D eigenvalue weighted by molar-refractivity contribution is 9.10. The van der Waals surface area contributed by atoms with Gasteiger partial charge in [0.25, 0.3) is 0 Å². The molecule has 0 bridgehead atoms. The molecule has 6 nitrogen and oxygen atoms in total. The van der Waals surface area contributed by atoms with Crippen LogP contribution in [0.1, 0.15) is 43.8 Å². The number of aryl methyl sites for hydroxylation is 2. The number of hydrogen-bond donors (Lipinski definition) is 1. The number of halogens is 1. The van der Waals surface area contributed by atoms with Crippen molar-refractivity contribution in [1.82, 2.24) is 24.8 Å². The van der Waals surface area contributed by atoms with Gasteiger partial charge in [0, 0.05) is 6.54 Å². The van der Waals surface area contributed by atoms with Crippen LogP contribution in [-0.2, 0) is 13.1 Å². The van der Waals surface area contributed by atoms with Gasteiger partial charge in [0.2, 0.25) is 0 Å². The van der Waals surface area contributed by atoms with Crippen LogP contribution in [0, 0.1) is 6.92 Å². The van der Waals surface area contributed by atoms with E-state index in [0.29, 0.717) is 12.4 Å². The quantitative estimate of drug-likeness (QED) is 0.935. The molecule has 2 aromatic rings. The molecule has 19 heavy (non-hydrogen) atoms. The fourth-order valence-corrected chi connectivity index (χ4v) is 2.62. The predicted molar refractivity (Wildman–Crippen MR) is 78.0 cm³/mol. The summed E-state index contributed by atoms with van der Waals surface area (Å²) in [4.78, 5) is 0. The number of anilines is 1. The Kier molecular flexibility index (Phi) is 3.93. The SMILES string of the molecule is CCn1nc(C)c(Br)c1Cn1nnc(N)c1C(C)C. The van der Waals surface area contributed by atoms with Crippen molar-refractivity contribution < 1.29 is 0 Å². The van der Waals surface area contributed by atoms with E-state index in [1.807, 2.05) is 16.3 Å². The van der Waals surface area contributed by atoms with E-state index < -0.39 is 0 Å². The largest absolute Gasteiger partial charge is 0.381 e. The van der Waals surface area contributed by atoms with Crippen LogP contribution in [0.15, 0.2) is 4.47 Å². The summed E-state index contributed by atoms with van der Waals surface area (Å²) in [6.45, 7) is 9.67. The lowest BCUT2D eigenvalue weighted by Gasteiger charge is -2.11. The molecule has 0 spiro atoms. The van der Waals surface area contributed by atoms with Gasteiger partial charge >= 0.3 is 0 Å². The molecule has 0 aromatic carbocycles. The summed E-state index contributed by atoms with van der Waals surface area (Å²) < 4.78 is 4.85. The second-order valence-electron chi connectivity index (χ2n) is 4.83. The normalized spacial score (nSPS) is 11.5. The Morgan fingerprint density at radius 3 is 2.58 bits per heavy atom. The number of aromatic nitrogens is 5. The first-order chi connectivity index (χ1) is 8.95. The van der Waals surface area contributed by atoms with Gasteiger partial charge in [0.1, 0.15) is 0 Å². The second-order valence-corrected chi connectivity index (χ2v) is 5.63. The maximum atomic E-state index is 5.88. The number of rotatable bonds is 4. The molecular weight excluding hydrogens is 308 g/mol. The van der Waals surface area contributed by atoms with E-state index in [1.165, 1.54) is 0 Å².